The fourth-order valence-electron chi connectivity index (χ4n) is 1.59. The van der Waals surface area contributed by atoms with Crippen LogP contribution in [0.3, 0.4) is 0 Å². The minimum Gasteiger partial charge on any atom is -0.507 e. The van der Waals surface area contributed by atoms with Crippen LogP contribution in [0.15, 0.2) is 18.2 Å². The van der Waals surface area contributed by atoms with Crippen LogP contribution in [-0.4, -0.2) is 11.0 Å². The Kier molecular flexibility index (Phi) is 4.23. The van der Waals surface area contributed by atoms with Crippen LogP contribution in [0.5, 0.6) is 5.75 Å². The third-order valence-electron chi connectivity index (χ3n) is 2.65. The molecule has 0 aromatic heterocycles. The van der Waals surface area contributed by atoms with Crippen molar-refractivity contribution in [1.29, 1.82) is 0 Å². The van der Waals surface area contributed by atoms with Crippen LogP contribution in [0.2, 0.25) is 5.02 Å². The number of carbonyl (C=O) groups is 1. The lowest BCUT2D eigenvalue weighted by Crippen LogP contribution is -2.17. The van der Waals surface area contributed by atoms with E-state index in [1.54, 1.807) is 0 Å². The SMILES string of the molecule is O=C(Nc1c(F)c(F)c(F)c(F)c1F)c1cc(Cl)ccc1O. The lowest BCUT2D eigenvalue weighted by molar-refractivity contribution is 0.102. The highest BCUT2D eigenvalue weighted by atomic mass is 35.5. The van der Waals surface area contributed by atoms with Gasteiger partial charge in [0.05, 0.1) is 5.56 Å². The minimum atomic E-state index is -2.35. The highest BCUT2D eigenvalue weighted by Crippen LogP contribution is 2.29. The summed E-state index contributed by atoms with van der Waals surface area (Å²) in [6, 6.07) is 3.21. The molecule has 2 N–H and O–H groups in total. The molecule has 0 atom stereocenters. The van der Waals surface area contributed by atoms with E-state index in [1.807, 2.05) is 0 Å². The van der Waals surface area contributed by atoms with Crippen molar-refractivity contribution in [2.75, 3.05) is 5.32 Å². The van der Waals surface area contributed by atoms with Gasteiger partial charge in [-0.3, -0.25) is 4.79 Å². The van der Waals surface area contributed by atoms with Crippen LogP contribution in [0.1, 0.15) is 10.4 Å². The number of halogens is 6. The monoisotopic (exact) mass is 337 g/mol. The van der Waals surface area contributed by atoms with Gasteiger partial charge < -0.3 is 10.4 Å². The first-order valence-electron chi connectivity index (χ1n) is 5.55. The fourth-order valence-corrected chi connectivity index (χ4v) is 1.76. The Labute approximate surface area is 124 Å². The summed E-state index contributed by atoms with van der Waals surface area (Å²) < 4.78 is 65.8. The second kappa shape index (κ2) is 5.80. The van der Waals surface area contributed by atoms with E-state index in [0.29, 0.717) is 0 Å². The molecule has 0 saturated heterocycles. The summed E-state index contributed by atoms with van der Waals surface area (Å²) in [5.74, 6) is -13.1. The summed E-state index contributed by atoms with van der Waals surface area (Å²) >= 11 is 5.59. The van der Waals surface area contributed by atoms with Crippen LogP contribution in [0, 0.1) is 29.1 Å². The summed E-state index contributed by atoms with van der Waals surface area (Å²) in [5, 5.41) is 11.0. The highest BCUT2D eigenvalue weighted by molar-refractivity contribution is 6.31. The molecule has 1 amide bonds. The Bertz CT molecular complexity index is 753. The Morgan fingerprint density at radius 2 is 1.45 bits per heavy atom. The molecule has 0 bridgehead atoms. The number of hydrogen-bond donors (Lipinski definition) is 2. The number of phenols is 1. The lowest BCUT2D eigenvalue weighted by atomic mass is 10.1. The molecule has 0 fully saturated rings. The third-order valence-corrected chi connectivity index (χ3v) is 2.89. The normalized spacial score (nSPS) is 10.6. The van der Waals surface area contributed by atoms with Gasteiger partial charge in [0.2, 0.25) is 5.82 Å². The zero-order valence-corrected chi connectivity index (χ0v) is 11.1. The molecule has 0 unspecified atom stereocenters. The standard InChI is InChI=1S/C13H5ClF5NO2/c14-4-1-2-6(21)5(3-4)13(22)20-12-10(18)8(16)7(15)9(17)11(12)19/h1-3,21H,(H,20,22). The topological polar surface area (TPSA) is 49.3 Å². The molecule has 0 aliphatic heterocycles. The van der Waals surface area contributed by atoms with E-state index in [1.165, 1.54) is 11.4 Å². The lowest BCUT2D eigenvalue weighted by Gasteiger charge is -2.10. The number of aromatic hydroxyl groups is 1. The van der Waals surface area contributed by atoms with Crippen LogP contribution in [0.4, 0.5) is 27.6 Å². The maximum Gasteiger partial charge on any atom is 0.259 e. The summed E-state index contributed by atoms with van der Waals surface area (Å²) in [7, 11) is 0. The van der Waals surface area contributed by atoms with Gasteiger partial charge in [0, 0.05) is 5.02 Å². The highest BCUT2D eigenvalue weighted by Gasteiger charge is 2.27. The summed E-state index contributed by atoms with van der Waals surface area (Å²) in [5.41, 5.74) is -2.03. The molecular formula is C13H5ClF5NO2. The smallest absolute Gasteiger partial charge is 0.259 e. The molecule has 0 aliphatic carbocycles. The van der Waals surface area contributed by atoms with Gasteiger partial charge in [-0.25, -0.2) is 22.0 Å². The predicted molar refractivity (Wildman–Crippen MR) is 67.3 cm³/mol. The molecule has 0 radical (unpaired) electrons. The van der Waals surface area contributed by atoms with Gasteiger partial charge in [-0.1, -0.05) is 11.6 Å². The van der Waals surface area contributed by atoms with Gasteiger partial charge in [-0.05, 0) is 18.2 Å². The molecule has 2 aromatic rings. The zero-order valence-electron chi connectivity index (χ0n) is 10.4. The van der Waals surface area contributed by atoms with Crippen LogP contribution < -0.4 is 5.32 Å². The van der Waals surface area contributed by atoms with Crippen LogP contribution >= 0.6 is 11.6 Å². The summed E-state index contributed by atoms with van der Waals surface area (Å²) in [6.45, 7) is 0. The van der Waals surface area contributed by atoms with Crippen molar-refractivity contribution >= 4 is 23.2 Å². The minimum absolute atomic E-state index is 0.0142. The van der Waals surface area contributed by atoms with Crippen LogP contribution in [-0.2, 0) is 0 Å². The Balaban J connectivity index is 2.47. The molecule has 2 aromatic carbocycles. The van der Waals surface area contributed by atoms with Crippen molar-refractivity contribution in [3.8, 4) is 5.75 Å². The number of benzene rings is 2. The van der Waals surface area contributed by atoms with E-state index in [9.17, 15) is 31.9 Å². The molecule has 0 spiro atoms. The van der Waals surface area contributed by atoms with Gasteiger partial charge in [0.1, 0.15) is 11.4 Å². The van der Waals surface area contributed by atoms with Gasteiger partial charge in [-0.15, -0.1) is 0 Å². The van der Waals surface area contributed by atoms with Crippen molar-refractivity contribution in [3.05, 3.63) is 57.9 Å². The van der Waals surface area contributed by atoms with Gasteiger partial charge in [0.15, 0.2) is 23.3 Å². The molecule has 116 valence electrons. The molecule has 0 saturated carbocycles. The quantitative estimate of drug-likeness (QED) is 0.494. The average Bonchev–Trinajstić information content (AvgIpc) is 2.49. The second-order valence-electron chi connectivity index (χ2n) is 4.06. The summed E-state index contributed by atoms with van der Waals surface area (Å²) in [6.07, 6.45) is 0. The number of anilines is 1. The van der Waals surface area contributed by atoms with E-state index >= 15 is 0 Å². The molecule has 3 nitrogen and oxygen atoms in total. The maximum absolute atomic E-state index is 13.4. The number of nitrogens with one attached hydrogen (secondary N) is 1. The van der Waals surface area contributed by atoms with Gasteiger partial charge in [-0.2, -0.15) is 0 Å². The van der Waals surface area contributed by atoms with Gasteiger partial charge in [0.25, 0.3) is 5.91 Å². The average molecular weight is 338 g/mol. The Morgan fingerprint density at radius 1 is 0.955 bits per heavy atom. The first kappa shape index (κ1) is 16.0. The van der Waals surface area contributed by atoms with Crippen molar-refractivity contribution in [2.45, 2.75) is 0 Å². The number of rotatable bonds is 2. The van der Waals surface area contributed by atoms with E-state index in [4.69, 9.17) is 11.6 Å². The number of phenolic OH excluding ortho intramolecular Hbond substituents is 1. The largest absolute Gasteiger partial charge is 0.507 e. The van der Waals surface area contributed by atoms with E-state index in [0.717, 1.165) is 12.1 Å². The molecule has 2 rings (SSSR count). The molecule has 0 heterocycles. The molecule has 9 heteroatoms. The fraction of sp³-hybridized carbons (Fsp3) is 0. The first-order chi connectivity index (χ1) is 10.2. The predicted octanol–water partition coefficient (Wildman–Crippen LogP) is 3.99. The van der Waals surface area contributed by atoms with Gasteiger partial charge >= 0.3 is 0 Å². The molecule has 0 aliphatic rings. The Morgan fingerprint density at radius 3 is 2.00 bits per heavy atom. The number of hydrogen-bond acceptors (Lipinski definition) is 2. The molecular weight excluding hydrogens is 333 g/mol. The first-order valence-corrected chi connectivity index (χ1v) is 5.93. The van der Waals surface area contributed by atoms with Crippen molar-refractivity contribution in [1.82, 2.24) is 0 Å². The van der Waals surface area contributed by atoms with E-state index in [2.05, 4.69) is 0 Å². The maximum atomic E-state index is 13.4. The number of amides is 1. The third kappa shape index (κ3) is 2.69. The van der Waals surface area contributed by atoms with Crippen molar-refractivity contribution in [2.24, 2.45) is 0 Å². The molecule has 22 heavy (non-hydrogen) atoms. The van der Waals surface area contributed by atoms with Crippen molar-refractivity contribution in [3.63, 3.8) is 0 Å². The van der Waals surface area contributed by atoms with Crippen molar-refractivity contribution < 1.29 is 31.9 Å². The van der Waals surface area contributed by atoms with E-state index < -0.39 is 52.0 Å². The second-order valence-corrected chi connectivity index (χ2v) is 4.50. The van der Waals surface area contributed by atoms with E-state index in [-0.39, 0.29) is 5.02 Å². The Hall–Kier alpha value is -2.35. The zero-order chi connectivity index (χ0) is 16.6. The number of carbonyl (C=O) groups excluding carboxylic acids is 1. The summed E-state index contributed by atoms with van der Waals surface area (Å²) in [4.78, 5) is 11.8. The van der Waals surface area contributed by atoms with Crippen LogP contribution in [0.25, 0.3) is 0 Å².